The number of halogens is 2. The van der Waals surface area contributed by atoms with E-state index in [0.717, 1.165) is 0 Å². The molecule has 3 N–H and O–H groups in total. The molecule has 0 fully saturated rings. The summed E-state index contributed by atoms with van der Waals surface area (Å²) in [6, 6.07) is 12.2. The summed E-state index contributed by atoms with van der Waals surface area (Å²) < 4.78 is 27.4. The van der Waals surface area contributed by atoms with E-state index in [2.05, 4.69) is 16.0 Å². The average molecular weight is 372 g/mol. The highest BCUT2D eigenvalue weighted by atomic mass is 19.1. The smallest absolute Gasteiger partial charge is 0.314 e. The maximum Gasteiger partial charge on any atom is 0.314 e. The molecular formula is C20H22F2N4O. The Bertz CT molecular complexity index is 846. The number of urea groups is 1. The lowest BCUT2D eigenvalue weighted by molar-refractivity contribution is 0.238. The Hall–Kier alpha value is -3.14. The first-order valence-corrected chi connectivity index (χ1v) is 8.54. The fourth-order valence-electron chi connectivity index (χ4n) is 2.63. The first kappa shape index (κ1) is 20.2. The molecule has 0 aliphatic carbocycles. The molecule has 0 bridgehead atoms. The topological polar surface area (TPSA) is 77.0 Å². The second-order valence-corrected chi connectivity index (χ2v) is 6.67. The fourth-order valence-corrected chi connectivity index (χ4v) is 2.63. The number of amides is 2. The molecular weight excluding hydrogens is 350 g/mol. The van der Waals surface area contributed by atoms with E-state index in [4.69, 9.17) is 5.26 Å². The van der Waals surface area contributed by atoms with Gasteiger partial charge in [0.25, 0.3) is 0 Å². The molecule has 0 saturated carbocycles. The van der Waals surface area contributed by atoms with Gasteiger partial charge in [-0.2, -0.15) is 5.26 Å². The second-order valence-electron chi connectivity index (χ2n) is 6.67. The third-order valence-electron chi connectivity index (χ3n) is 4.15. The normalized spacial score (nSPS) is 10.8. The van der Waals surface area contributed by atoms with Gasteiger partial charge >= 0.3 is 6.03 Å². The maximum atomic E-state index is 13.9. The minimum Gasteiger partial charge on any atom is -0.382 e. The summed E-state index contributed by atoms with van der Waals surface area (Å²) in [7, 11) is 0. The summed E-state index contributed by atoms with van der Waals surface area (Å²) in [6.45, 7) is 4.55. The lowest BCUT2D eigenvalue weighted by atomic mass is 9.84. The van der Waals surface area contributed by atoms with Crippen LogP contribution in [-0.4, -0.2) is 25.7 Å². The summed E-state index contributed by atoms with van der Waals surface area (Å²) in [6.07, 6.45) is 0. The number of hydrogen-bond acceptors (Lipinski definition) is 3. The Morgan fingerprint density at radius 3 is 2.44 bits per heavy atom. The number of benzene rings is 2. The van der Waals surface area contributed by atoms with Gasteiger partial charge in [0, 0.05) is 25.0 Å². The van der Waals surface area contributed by atoms with Gasteiger partial charge in [-0.1, -0.05) is 38.1 Å². The predicted octanol–water partition coefficient (Wildman–Crippen LogP) is 3.53. The lowest BCUT2D eigenvalue weighted by Gasteiger charge is -2.26. The Labute approximate surface area is 157 Å². The van der Waals surface area contributed by atoms with Crippen molar-refractivity contribution in [3.05, 3.63) is 65.2 Å². The van der Waals surface area contributed by atoms with Crippen molar-refractivity contribution in [2.45, 2.75) is 19.3 Å². The molecule has 27 heavy (non-hydrogen) atoms. The van der Waals surface area contributed by atoms with E-state index < -0.39 is 11.2 Å². The minimum absolute atomic E-state index is 0.0615. The molecule has 0 unspecified atom stereocenters. The summed E-state index contributed by atoms with van der Waals surface area (Å²) in [5.74, 6) is -0.902. The van der Waals surface area contributed by atoms with Gasteiger partial charge in [0.15, 0.2) is 0 Å². The van der Waals surface area contributed by atoms with Crippen LogP contribution in [0.2, 0.25) is 0 Å². The van der Waals surface area contributed by atoms with Crippen LogP contribution in [0, 0.1) is 23.0 Å². The first-order chi connectivity index (χ1) is 12.8. The third kappa shape index (κ3) is 5.42. The van der Waals surface area contributed by atoms with Crippen molar-refractivity contribution in [3.8, 4) is 6.07 Å². The predicted molar refractivity (Wildman–Crippen MR) is 100 cm³/mol. The van der Waals surface area contributed by atoms with Gasteiger partial charge in [0.1, 0.15) is 23.3 Å². The Morgan fingerprint density at radius 2 is 1.74 bits per heavy atom. The summed E-state index contributed by atoms with van der Waals surface area (Å²) in [4.78, 5) is 11.9. The molecule has 0 spiro atoms. The number of rotatable bonds is 7. The monoisotopic (exact) mass is 372 g/mol. The van der Waals surface area contributed by atoms with Crippen LogP contribution >= 0.6 is 0 Å². The molecule has 0 radical (unpaired) electrons. The van der Waals surface area contributed by atoms with E-state index in [0.29, 0.717) is 17.8 Å². The molecule has 0 saturated heterocycles. The van der Waals surface area contributed by atoms with Crippen LogP contribution in [0.3, 0.4) is 0 Å². The molecule has 2 amide bonds. The van der Waals surface area contributed by atoms with Crippen LogP contribution in [0.5, 0.6) is 0 Å². The molecule has 0 aliphatic rings. The summed E-state index contributed by atoms with van der Waals surface area (Å²) in [5.41, 5.74) is 0.278. The Kier molecular flexibility index (Phi) is 6.72. The van der Waals surface area contributed by atoms with Crippen molar-refractivity contribution in [1.82, 2.24) is 10.6 Å². The SMILES string of the molecule is CC(C)(CNC(=O)NCCNc1cccc(F)c1C#N)c1ccccc1F. The van der Waals surface area contributed by atoms with Crippen LogP contribution in [-0.2, 0) is 5.41 Å². The van der Waals surface area contributed by atoms with E-state index >= 15 is 0 Å². The molecule has 0 aromatic heterocycles. The highest BCUT2D eigenvalue weighted by molar-refractivity contribution is 5.74. The zero-order chi connectivity index (χ0) is 19.9. The fraction of sp³-hybridized carbons (Fsp3) is 0.300. The van der Waals surface area contributed by atoms with Crippen LogP contribution in [0.1, 0.15) is 25.0 Å². The molecule has 7 heteroatoms. The van der Waals surface area contributed by atoms with Gasteiger partial charge in [-0.15, -0.1) is 0 Å². The number of hydrogen-bond donors (Lipinski definition) is 3. The Balaban J connectivity index is 1.78. The van der Waals surface area contributed by atoms with Crippen molar-refractivity contribution < 1.29 is 13.6 Å². The van der Waals surface area contributed by atoms with Gasteiger partial charge in [-0.25, -0.2) is 13.6 Å². The highest BCUT2D eigenvalue weighted by Gasteiger charge is 2.24. The molecule has 2 aromatic carbocycles. The zero-order valence-electron chi connectivity index (χ0n) is 15.3. The maximum absolute atomic E-state index is 13.9. The largest absolute Gasteiger partial charge is 0.382 e. The lowest BCUT2D eigenvalue weighted by Crippen LogP contribution is -2.43. The number of carbonyl (C=O) groups excluding carboxylic acids is 1. The number of carbonyl (C=O) groups is 1. The summed E-state index contributed by atoms with van der Waals surface area (Å²) in [5, 5.41) is 17.3. The van der Waals surface area contributed by atoms with Crippen molar-refractivity contribution in [2.24, 2.45) is 0 Å². The van der Waals surface area contributed by atoms with Gasteiger partial charge in [0.2, 0.25) is 0 Å². The molecule has 0 heterocycles. The van der Waals surface area contributed by atoms with Crippen LogP contribution in [0.15, 0.2) is 42.5 Å². The number of nitrogens with zero attached hydrogens (tertiary/aromatic N) is 1. The second kappa shape index (κ2) is 8.99. The van der Waals surface area contributed by atoms with Crippen LogP contribution < -0.4 is 16.0 Å². The molecule has 2 aromatic rings. The zero-order valence-corrected chi connectivity index (χ0v) is 15.3. The quantitative estimate of drug-likeness (QED) is 0.651. The first-order valence-electron chi connectivity index (χ1n) is 8.54. The van der Waals surface area contributed by atoms with Crippen molar-refractivity contribution in [1.29, 1.82) is 5.26 Å². The number of anilines is 1. The molecule has 0 atom stereocenters. The van der Waals surface area contributed by atoms with E-state index in [1.807, 2.05) is 13.8 Å². The number of nitriles is 1. The van der Waals surface area contributed by atoms with Gasteiger partial charge in [0.05, 0.1) is 5.69 Å². The minimum atomic E-state index is -0.594. The Morgan fingerprint density at radius 1 is 1.04 bits per heavy atom. The van der Waals surface area contributed by atoms with Gasteiger partial charge < -0.3 is 16.0 Å². The van der Waals surface area contributed by atoms with Crippen LogP contribution in [0.25, 0.3) is 0 Å². The van der Waals surface area contributed by atoms with E-state index in [9.17, 15) is 13.6 Å². The highest BCUT2D eigenvalue weighted by Crippen LogP contribution is 2.24. The van der Waals surface area contributed by atoms with Crippen LogP contribution in [0.4, 0.5) is 19.3 Å². The molecule has 0 aliphatic heterocycles. The summed E-state index contributed by atoms with van der Waals surface area (Å²) >= 11 is 0. The van der Waals surface area contributed by atoms with Crippen molar-refractivity contribution >= 4 is 11.7 Å². The van der Waals surface area contributed by atoms with E-state index in [-0.39, 0.29) is 30.5 Å². The van der Waals surface area contributed by atoms with Crippen molar-refractivity contribution in [3.63, 3.8) is 0 Å². The van der Waals surface area contributed by atoms with E-state index in [1.165, 1.54) is 18.2 Å². The van der Waals surface area contributed by atoms with Crippen molar-refractivity contribution in [2.75, 3.05) is 25.0 Å². The standard InChI is InChI=1S/C20H22F2N4O/c1-20(2,15-6-3-4-7-17(15)22)13-26-19(27)25-11-10-24-18-9-5-8-16(21)14(18)12-23/h3-9,24H,10-11,13H2,1-2H3,(H2,25,26,27). The molecule has 2 rings (SSSR count). The van der Waals surface area contributed by atoms with Gasteiger partial charge in [-0.05, 0) is 23.8 Å². The van der Waals surface area contributed by atoms with Gasteiger partial charge in [-0.3, -0.25) is 0 Å². The van der Waals surface area contributed by atoms with E-state index in [1.54, 1.807) is 30.3 Å². The number of nitrogens with one attached hydrogen (secondary N) is 3. The molecule has 142 valence electrons. The third-order valence-corrected chi connectivity index (χ3v) is 4.15. The molecule has 5 nitrogen and oxygen atoms in total. The average Bonchev–Trinajstić information content (AvgIpc) is 2.64.